The lowest BCUT2D eigenvalue weighted by atomic mass is 10.2. The molecule has 0 atom stereocenters. The zero-order chi connectivity index (χ0) is 17.7. The Hall–Kier alpha value is -3.26. The number of nitro benzene ring substituents is 2. The third-order valence-electron chi connectivity index (χ3n) is 2.94. The summed E-state index contributed by atoms with van der Waals surface area (Å²) in [4.78, 5) is 32.0. The van der Waals surface area contributed by atoms with Crippen LogP contribution in [0.15, 0.2) is 48.5 Å². The number of amides is 1. The normalized spacial score (nSPS) is 10.5. The van der Waals surface area contributed by atoms with E-state index in [1.807, 2.05) is 0 Å². The van der Waals surface area contributed by atoms with Gasteiger partial charge in [-0.2, -0.15) is 0 Å². The van der Waals surface area contributed by atoms with Gasteiger partial charge in [0.2, 0.25) is 5.91 Å². The molecule has 8 nitrogen and oxygen atoms in total. The first-order chi connectivity index (χ1) is 11.4. The van der Waals surface area contributed by atoms with E-state index >= 15 is 0 Å². The Kier molecular flexibility index (Phi) is 5.23. The molecule has 0 aliphatic rings. The number of nitrogens with zero attached hydrogens (tertiary/aromatic N) is 2. The zero-order valence-corrected chi connectivity index (χ0v) is 12.8. The number of anilines is 1. The van der Waals surface area contributed by atoms with Gasteiger partial charge in [0, 0.05) is 17.2 Å². The summed E-state index contributed by atoms with van der Waals surface area (Å²) in [7, 11) is 0. The van der Waals surface area contributed by atoms with E-state index in [2.05, 4.69) is 5.32 Å². The quantitative estimate of drug-likeness (QED) is 0.501. The molecule has 0 aromatic heterocycles. The van der Waals surface area contributed by atoms with Crippen molar-refractivity contribution >= 4 is 40.6 Å². The molecule has 1 amide bonds. The first kappa shape index (κ1) is 17.1. The van der Waals surface area contributed by atoms with Gasteiger partial charge >= 0.3 is 0 Å². The van der Waals surface area contributed by atoms with E-state index in [1.54, 1.807) is 24.3 Å². The highest BCUT2D eigenvalue weighted by molar-refractivity contribution is 6.30. The van der Waals surface area contributed by atoms with Gasteiger partial charge in [-0.1, -0.05) is 23.7 Å². The number of rotatable bonds is 5. The van der Waals surface area contributed by atoms with Crippen molar-refractivity contribution in [1.29, 1.82) is 0 Å². The van der Waals surface area contributed by atoms with E-state index in [1.165, 1.54) is 12.2 Å². The van der Waals surface area contributed by atoms with Crippen LogP contribution in [0.3, 0.4) is 0 Å². The molecule has 0 aliphatic carbocycles. The van der Waals surface area contributed by atoms with Crippen molar-refractivity contribution in [3.05, 3.63) is 79.4 Å². The second-order valence-corrected chi connectivity index (χ2v) is 5.03. The SMILES string of the molecule is O=C(/C=C/c1ccc(Cl)cc1)Nc1ccc([N+](=O)[O-])cc1[N+](=O)[O-]. The van der Waals surface area contributed by atoms with E-state index < -0.39 is 27.1 Å². The highest BCUT2D eigenvalue weighted by Gasteiger charge is 2.20. The molecule has 1 N–H and O–H groups in total. The van der Waals surface area contributed by atoms with Crippen molar-refractivity contribution < 1.29 is 14.6 Å². The predicted molar refractivity (Wildman–Crippen MR) is 88.9 cm³/mol. The fourth-order valence-corrected chi connectivity index (χ4v) is 1.94. The molecular formula is C15H10ClN3O5. The van der Waals surface area contributed by atoms with E-state index in [0.29, 0.717) is 10.6 Å². The van der Waals surface area contributed by atoms with Crippen LogP contribution in [0.25, 0.3) is 6.08 Å². The van der Waals surface area contributed by atoms with E-state index in [9.17, 15) is 25.0 Å². The molecule has 24 heavy (non-hydrogen) atoms. The molecule has 2 rings (SSSR count). The van der Waals surface area contributed by atoms with Crippen LogP contribution in [0.4, 0.5) is 17.1 Å². The molecule has 9 heteroatoms. The van der Waals surface area contributed by atoms with Crippen LogP contribution in [0.2, 0.25) is 5.02 Å². The average molecular weight is 348 g/mol. The van der Waals surface area contributed by atoms with Crippen molar-refractivity contribution in [1.82, 2.24) is 0 Å². The van der Waals surface area contributed by atoms with Gasteiger partial charge in [-0.3, -0.25) is 25.0 Å². The number of nitrogens with one attached hydrogen (secondary N) is 1. The number of benzene rings is 2. The molecule has 0 radical (unpaired) electrons. The fourth-order valence-electron chi connectivity index (χ4n) is 1.81. The smallest absolute Gasteiger partial charge is 0.299 e. The van der Waals surface area contributed by atoms with Crippen LogP contribution >= 0.6 is 11.6 Å². The van der Waals surface area contributed by atoms with E-state index in [4.69, 9.17) is 11.6 Å². The summed E-state index contributed by atoms with van der Waals surface area (Å²) in [5.41, 5.74) is -0.405. The molecule has 0 heterocycles. The standard InChI is InChI=1S/C15H10ClN3O5/c16-11-4-1-10(2-5-11)3-8-15(20)17-13-7-6-12(18(21)22)9-14(13)19(23)24/h1-9H,(H,17,20)/b8-3+. The summed E-state index contributed by atoms with van der Waals surface area (Å²) >= 11 is 5.75. The van der Waals surface area contributed by atoms with Gasteiger partial charge in [-0.05, 0) is 29.8 Å². The second kappa shape index (κ2) is 7.34. The number of carbonyl (C=O) groups is 1. The maximum absolute atomic E-state index is 11.9. The fraction of sp³-hybridized carbons (Fsp3) is 0. The lowest BCUT2D eigenvalue weighted by molar-refractivity contribution is -0.393. The van der Waals surface area contributed by atoms with E-state index in [-0.39, 0.29) is 5.69 Å². The summed E-state index contributed by atoms with van der Waals surface area (Å²) in [6.45, 7) is 0. The molecule has 0 saturated heterocycles. The van der Waals surface area contributed by atoms with Gasteiger partial charge in [0.25, 0.3) is 11.4 Å². The molecular weight excluding hydrogens is 338 g/mol. The van der Waals surface area contributed by atoms with Crippen LogP contribution in [0.1, 0.15) is 5.56 Å². The molecule has 0 fully saturated rings. The van der Waals surface area contributed by atoms with Gasteiger partial charge in [0.1, 0.15) is 5.69 Å². The van der Waals surface area contributed by atoms with Gasteiger partial charge < -0.3 is 5.32 Å². The summed E-state index contributed by atoms with van der Waals surface area (Å²) < 4.78 is 0. The van der Waals surface area contributed by atoms with Crippen molar-refractivity contribution in [3.8, 4) is 0 Å². The largest absolute Gasteiger partial charge is 0.317 e. The number of halogens is 1. The number of non-ortho nitro benzene ring substituents is 1. The van der Waals surface area contributed by atoms with Gasteiger partial charge in [-0.15, -0.1) is 0 Å². The van der Waals surface area contributed by atoms with Crippen LogP contribution in [0, 0.1) is 20.2 Å². The molecule has 0 unspecified atom stereocenters. The maximum atomic E-state index is 11.9. The molecule has 0 bridgehead atoms. The molecule has 0 aliphatic heterocycles. The Morgan fingerprint density at radius 3 is 2.29 bits per heavy atom. The highest BCUT2D eigenvalue weighted by atomic mass is 35.5. The predicted octanol–water partition coefficient (Wildman–Crippen LogP) is 3.81. The minimum atomic E-state index is -0.800. The van der Waals surface area contributed by atoms with Gasteiger partial charge in [0.15, 0.2) is 0 Å². The summed E-state index contributed by atoms with van der Waals surface area (Å²) in [6.07, 6.45) is 2.69. The number of hydrogen-bond acceptors (Lipinski definition) is 5. The molecule has 2 aromatic rings. The lowest BCUT2D eigenvalue weighted by Gasteiger charge is -2.03. The first-order valence-corrected chi connectivity index (χ1v) is 6.92. The average Bonchev–Trinajstić information content (AvgIpc) is 2.54. The Bertz CT molecular complexity index is 834. The Morgan fingerprint density at radius 2 is 1.71 bits per heavy atom. The van der Waals surface area contributed by atoms with Crippen molar-refractivity contribution in [3.63, 3.8) is 0 Å². The summed E-state index contributed by atoms with van der Waals surface area (Å²) in [5.74, 6) is -0.609. The van der Waals surface area contributed by atoms with Crippen molar-refractivity contribution in [2.45, 2.75) is 0 Å². The monoisotopic (exact) mass is 347 g/mol. The Morgan fingerprint density at radius 1 is 1.04 bits per heavy atom. The van der Waals surface area contributed by atoms with Crippen molar-refractivity contribution in [2.24, 2.45) is 0 Å². The summed E-state index contributed by atoms with van der Waals surface area (Å²) in [5, 5.41) is 24.5. The minimum absolute atomic E-state index is 0.128. The number of nitro groups is 2. The van der Waals surface area contributed by atoms with E-state index in [0.717, 1.165) is 18.2 Å². The third-order valence-corrected chi connectivity index (χ3v) is 3.20. The first-order valence-electron chi connectivity index (χ1n) is 6.54. The summed E-state index contributed by atoms with van der Waals surface area (Å²) in [6, 6.07) is 9.68. The van der Waals surface area contributed by atoms with Crippen LogP contribution in [0.5, 0.6) is 0 Å². The number of carbonyl (C=O) groups excluding carboxylic acids is 1. The molecule has 0 spiro atoms. The molecule has 122 valence electrons. The third kappa shape index (κ3) is 4.37. The minimum Gasteiger partial charge on any atom is -0.317 e. The highest BCUT2D eigenvalue weighted by Crippen LogP contribution is 2.28. The van der Waals surface area contributed by atoms with Gasteiger partial charge in [-0.25, -0.2) is 0 Å². The lowest BCUT2D eigenvalue weighted by Crippen LogP contribution is -2.09. The molecule has 2 aromatic carbocycles. The molecule has 0 saturated carbocycles. The second-order valence-electron chi connectivity index (χ2n) is 4.59. The van der Waals surface area contributed by atoms with Crippen LogP contribution < -0.4 is 5.32 Å². The Balaban J connectivity index is 2.17. The Labute approximate surface area is 140 Å². The topological polar surface area (TPSA) is 115 Å². The van der Waals surface area contributed by atoms with Gasteiger partial charge in [0.05, 0.1) is 15.9 Å². The maximum Gasteiger partial charge on any atom is 0.299 e. The van der Waals surface area contributed by atoms with Crippen LogP contribution in [-0.2, 0) is 4.79 Å². The zero-order valence-electron chi connectivity index (χ0n) is 12.0. The van der Waals surface area contributed by atoms with Crippen molar-refractivity contribution in [2.75, 3.05) is 5.32 Å². The number of hydrogen-bond donors (Lipinski definition) is 1. The van der Waals surface area contributed by atoms with Crippen LogP contribution in [-0.4, -0.2) is 15.8 Å².